The maximum atomic E-state index is 15.1. The van der Waals surface area contributed by atoms with E-state index >= 15 is 4.79 Å². The first-order valence-electron chi connectivity index (χ1n) is 15.9. The SMILES string of the molecule is CCCN1C(=O)[C@H]2[C@H](CC=C3[C@H]2C[C@H]2C(=O)N(Nc4ccc(C)cc4)C(=O)[C@@]2(c2ccccc2)[C@H]3c2ccc(O)c(OC)c2)C1=O. The molecule has 0 spiro atoms. The van der Waals surface area contributed by atoms with Crippen molar-refractivity contribution in [3.05, 3.63) is 101 Å². The molecule has 2 N–H and O–H groups in total. The molecule has 0 aromatic heterocycles. The van der Waals surface area contributed by atoms with Crippen LogP contribution in [0.5, 0.6) is 11.5 Å². The summed E-state index contributed by atoms with van der Waals surface area (Å²) in [5.41, 5.74) is 5.61. The van der Waals surface area contributed by atoms with E-state index in [-0.39, 0.29) is 35.6 Å². The van der Waals surface area contributed by atoms with Crippen molar-refractivity contribution in [2.24, 2.45) is 23.7 Å². The number of aromatic hydroxyl groups is 1. The Morgan fingerprint density at radius 1 is 0.935 bits per heavy atom. The van der Waals surface area contributed by atoms with E-state index in [1.165, 1.54) is 18.1 Å². The highest BCUT2D eigenvalue weighted by Gasteiger charge is 2.70. The van der Waals surface area contributed by atoms with Crippen molar-refractivity contribution in [2.75, 3.05) is 19.1 Å². The number of phenols is 1. The number of phenolic OH excluding ortho intramolecular Hbond substituents is 1. The fraction of sp³-hybridized carbons (Fsp3) is 0.351. The Morgan fingerprint density at radius 2 is 1.67 bits per heavy atom. The Hall–Kier alpha value is -4.92. The lowest BCUT2D eigenvalue weighted by Crippen LogP contribution is -2.53. The Labute approximate surface area is 267 Å². The van der Waals surface area contributed by atoms with Gasteiger partial charge in [0.05, 0.1) is 36.0 Å². The molecule has 6 atom stereocenters. The Kier molecular flexibility index (Phi) is 7.22. The minimum atomic E-state index is -1.37. The largest absolute Gasteiger partial charge is 0.504 e. The van der Waals surface area contributed by atoms with Crippen LogP contribution in [0.15, 0.2) is 84.4 Å². The molecule has 236 valence electrons. The molecule has 7 rings (SSSR count). The summed E-state index contributed by atoms with van der Waals surface area (Å²) in [6.45, 7) is 4.26. The van der Waals surface area contributed by atoms with Crippen molar-refractivity contribution in [3.63, 3.8) is 0 Å². The number of nitrogens with zero attached hydrogens (tertiary/aromatic N) is 2. The van der Waals surface area contributed by atoms with E-state index < -0.39 is 40.9 Å². The number of ether oxygens (including phenoxy) is 1. The van der Waals surface area contributed by atoms with Gasteiger partial charge in [0, 0.05) is 12.5 Å². The number of allylic oxidation sites excluding steroid dienone is 2. The molecule has 46 heavy (non-hydrogen) atoms. The average Bonchev–Trinajstić information content (AvgIpc) is 3.44. The van der Waals surface area contributed by atoms with Crippen molar-refractivity contribution >= 4 is 29.3 Å². The second-order valence-electron chi connectivity index (χ2n) is 12.9. The number of amides is 4. The van der Waals surface area contributed by atoms with Crippen LogP contribution in [0.1, 0.15) is 48.8 Å². The van der Waals surface area contributed by atoms with Crippen LogP contribution in [-0.2, 0) is 24.6 Å². The molecule has 4 amide bonds. The number of hydrogen-bond donors (Lipinski definition) is 2. The molecule has 2 heterocycles. The van der Waals surface area contributed by atoms with E-state index in [9.17, 15) is 19.5 Å². The molecule has 2 saturated heterocycles. The van der Waals surface area contributed by atoms with E-state index in [4.69, 9.17) is 4.74 Å². The molecule has 4 aliphatic rings. The summed E-state index contributed by atoms with van der Waals surface area (Å²) >= 11 is 0. The van der Waals surface area contributed by atoms with Crippen LogP contribution < -0.4 is 10.2 Å². The van der Waals surface area contributed by atoms with Gasteiger partial charge in [-0.05, 0) is 67.5 Å². The highest BCUT2D eigenvalue weighted by molar-refractivity contribution is 6.13. The van der Waals surface area contributed by atoms with Crippen molar-refractivity contribution in [1.29, 1.82) is 0 Å². The minimum Gasteiger partial charge on any atom is -0.504 e. The number of anilines is 1. The number of hydrogen-bond acceptors (Lipinski definition) is 7. The highest BCUT2D eigenvalue weighted by Crippen LogP contribution is 2.64. The zero-order chi connectivity index (χ0) is 32.3. The van der Waals surface area contributed by atoms with Crippen LogP contribution in [0.2, 0.25) is 0 Å². The fourth-order valence-electron chi connectivity index (χ4n) is 8.51. The number of likely N-dealkylation sites (tertiary alicyclic amines) is 1. The molecular weight excluding hydrogens is 582 g/mol. The lowest BCUT2D eigenvalue weighted by molar-refractivity contribution is -0.141. The molecule has 3 fully saturated rings. The highest BCUT2D eigenvalue weighted by atomic mass is 16.5. The third kappa shape index (κ3) is 4.21. The molecule has 2 aliphatic carbocycles. The van der Waals surface area contributed by atoms with E-state index in [1.54, 1.807) is 12.1 Å². The van der Waals surface area contributed by atoms with E-state index in [0.29, 0.717) is 36.2 Å². The van der Waals surface area contributed by atoms with Crippen LogP contribution in [0.3, 0.4) is 0 Å². The number of methoxy groups -OCH3 is 1. The number of benzene rings is 3. The van der Waals surface area contributed by atoms with Crippen LogP contribution in [0.25, 0.3) is 0 Å². The summed E-state index contributed by atoms with van der Waals surface area (Å²) in [7, 11) is 1.46. The molecule has 9 heteroatoms. The first kappa shape index (κ1) is 29.8. The van der Waals surface area contributed by atoms with Gasteiger partial charge in [-0.15, -0.1) is 0 Å². The van der Waals surface area contributed by atoms with Gasteiger partial charge in [-0.2, -0.15) is 5.01 Å². The number of fused-ring (bicyclic) bond motifs is 4. The van der Waals surface area contributed by atoms with Crippen molar-refractivity contribution in [3.8, 4) is 11.5 Å². The average molecular weight is 620 g/mol. The maximum absolute atomic E-state index is 15.1. The van der Waals surface area contributed by atoms with E-state index in [0.717, 1.165) is 16.1 Å². The number of rotatable bonds is 7. The number of imide groups is 2. The Bertz CT molecular complexity index is 1770. The summed E-state index contributed by atoms with van der Waals surface area (Å²) in [4.78, 5) is 58.6. The zero-order valence-electron chi connectivity index (χ0n) is 26.1. The third-order valence-corrected chi connectivity index (χ3v) is 10.5. The molecule has 0 radical (unpaired) electrons. The first-order valence-corrected chi connectivity index (χ1v) is 15.9. The molecule has 0 unspecified atom stereocenters. The minimum absolute atomic E-state index is 0.0510. The lowest BCUT2D eigenvalue weighted by atomic mass is 9.49. The number of nitrogens with one attached hydrogen (secondary N) is 1. The summed E-state index contributed by atoms with van der Waals surface area (Å²) in [5, 5.41) is 11.7. The molecule has 3 aromatic carbocycles. The van der Waals surface area contributed by atoms with E-state index in [1.807, 2.05) is 74.5 Å². The van der Waals surface area contributed by atoms with E-state index in [2.05, 4.69) is 5.43 Å². The zero-order valence-corrected chi connectivity index (χ0v) is 26.1. The van der Waals surface area contributed by atoms with Gasteiger partial charge in [-0.3, -0.25) is 29.5 Å². The van der Waals surface area contributed by atoms with Crippen LogP contribution in [0.4, 0.5) is 5.69 Å². The van der Waals surface area contributed by atoms with Gasteiger partial charge in [-0.25, -0.2) is 0 Å². The second-order valence-corrected chi connectivity index (χ2v) is 12.9. The van der Waals surface area contributed by atoms with Crippen LogP contribution in [-0.4, -0.2) is 52.3 Å². The summed E-state index contributed by atoms with van der Waals surface area (Å²) in [6.07, 6.45) is 3.30. The van der Waals surface area contributed by atoms with Gasteiger partial charge in [0.15, 0.2) is 11.5 Å². The number of carbonyl (C=O) groups excluding carboxylic acids is 4. The molecule has 0 bridgehead atoms. The summed E-state index contributed by atoms with van der Waals surface area (Å²) < 4.78 is 5.51. The maximum Gasteiger partial charge on any atom is 0.260 e. The molecule has 1 saturated carbocycles. The second kappa shape index (κ2) is 11.2. The van der Waals surface area contributed by atoms with Crippen LogP contribution in [0, 0.1) is 30.6 Å². The van der Waals surface area contributed by atoms with Crippen molar-refractivity contribution < 1.29 is 29.0 Å². The number of aryl methyl sites for hydroxylation is 1. The van der Waals surface area contributed by atoms with Gasteiger partial charge < -0.3 is 9.84 Å². The monoisotopic (exact) mass is 619 g/mol. The summed E-state index contributed by atoms with van der Waals surface area (Å²) in [6, 6.07) is 21.9. The predicted molar refractivity (Wildman–Crippen MR) is 170 cm³/mol. The van der Waals surface area contributed by atoms with Gasteiger partial charge in [0.1, 0.15) is 0 Å². The third-order valence-electron chi connectivity index (χ3n) is 10.5. The smallest absolute Gasteiger partial charge is 0.260 e. The molecular formula is C37H37N3O6. The van der Waals surface area contributed by atoms with Crippen molar-refractivity contribution in [1.82, 2.24) is 9.91 Å². The fourth-order valence-corrected chi connectivity index (χ4v) is 8.51. The molecule has 9 nitrogen and oxygen atoms in total. The van der Waals surface area contributed by atoms with Gasteiger partial charge in [0.25, 0.3) is 11.8 Å². The summed E-state index contributed by atoms with van der Waals surface area (Å²) in [5.74, 6) is -4.02. The number of carbonyl (C=O) groups is 4. The van der Waals surface area contributed by atoms with Gasteiger partial charge >= 0.3 is 0 Å². The topological polar surface area (TPSA) is 116 Å². The van der Waals surface area contributed by atoms with Gasteiger partial charge in [-0.1, -0.05) is 72.7 Å². The van der Waals surface area contributed by atoms with Crippen LogP contribution >= 0.6 is 0 Å². The molecule has 2 aliphatic heterocycles. The first-order chi connectivity index (χ1) is 22.2. The predicted octanol–water partition coefficient (Wildman–Crippen LogP) is 5.10. The van der Waals surface area contributed by atoms with Crippen molar-refractivity contribution in [2.45, 2.75) is 44.4 Å². The molecule has 3 aromatic rings. The normalized spacial score (nSPS) is 28.5. The lowest BCUT2D eigenvalue weighted by Gasteiger charge is -2.50. The quantitative estimate of drug-likeness (QED) is 0.279. The van der Waals surface area contributed by atoms with Gasteiger partial charge in [0.2, 0.25) is 11.8 Å². The number of hydrazine groups is 1. The Morgan fingerprint density at radius 3 is 2.37 bits per heavy atom. The Balaban J connectivity index is 1.45. The standard InChI is InChI=1S/C37H37N3O6/c1-4-18-39-33(42)26-16-15-25-27(31(26)35(39)44)20-28-34(43)40(38-24-13-10-21(2)11-14-24)36(45)37(28,23-8-6-5-7-9-23)32(25)22-12-17-29(41)30(19-22)46-3/h5-15,17,19,26-28,31-32,38,41H,4,16,18,20H2,1-3H3/t26-,27+,28-,31-,32-,37+/m0/s1.